The molecule has 0 bridgehead atoms. The molecule has 2 aromatic carbocycles. The number of nitrogens with one attached hydrogen (secondary N) is 1. The first-order valence-electron chi connectivity index (χ1n) is 6.50. The standard InChI is InChI=1S/C16H17Cl2NO/c1-11(12-6-2-4-8-14(12)17)19-10-16(20)13-7-3-5-9-15(13)18/h2-9,11,16,19-20H,10H2,1H3/t11-,16?/m1/s1. The van der Waals surface area contributed by atoms with Crippen LogP contribution in [0.15, 0.2) is 48.5 Å². The lowest BCUT2D eigenvalue weighted by Crippen LogP contribution is -2.25. The number of hydrogen-bond donors (Lipinski definition) is 2. The maximum atomic E-state index is 10.2. The molecule has 1 unspecified atom stereocenters. The molecule has 0 aliphatic rings. The van der Waals surface area contributed by atoms with E-state index in [0.29, 0.717) is 11.6 Å². The highest BCUT2D eigenvalue weighted by Gasteiger charge is 2.14. The van der Waals surface area contributed by atoms with Crippen molar-refractivity contribution in [3.8, 4) is 0 Å². The van der Waals surface area contributed by atoms with Crippen molar-refractivity contribution in [2.75, 3.05) is 6.54 Å². The van der Waals surface area contributed by atoms with Crippen LogP contribution in [0.5, 0.6) is 0 Å². The largest absolute Gasteiger partial charge is 0.387 e. The van der Waals surface area contributed by atoms with Gasteiger partial charge in [0.25, 0.3) is 0 Å². The van der Waals surface area contributed by atoms with Gasteiger partial charge in [0.2, 0.25) is 0 Å². The molecule has 0 saturated heterocycles. The molecule has 106 valence electrons. The lowest BCUT2D eigenvalue weighted by atomic mass is 10.1. The van der Waals surface area contributed by atoms with Crippen LogP contribution in [0.25, 0.3) is 0 Å². The van der Waals surface area contributed by atoms with Crippen molar-refractivity contribution < 1.29 is 5.11 Å². The average molecular weight is 310 g/mol. The maximum Gasteiger partial charge on any atom is 0.0928 e. The summed E-state index contributed by atoms with van der Waals surface area (Å²) in [6.45, 7) is 2.43. The molecule has 2 atom stereocenters. The fourth-order valence-corrected chi connectivity index (χ4v) is 2.64. The minimum absolute atomic E-state index is 0.0563. The average Bonchev–Trinajstić information content (AvgIpc) is 2.45. The van der Waals surface area contributed by atoms with Crippen LogP contribution in [0.2, 0.25) is 10.0 Å². The Kier molecular flexibility index (Phi) is 5.44. The van der Waals surface area contributed by atoms with Gasteiger partial charge in [-0.15, -0.1) is 0 Å². The van der Waals surface area contributed by atoms with Crippen LogP contribution in [0.1, 0.15) is 30.2 Å². The van der Waals surface area contributed by atoms with Gasteiger partial charge in [-0.2, -0.15) is 0 Å². The molecule has 0 amide bonds. The fourth-order valence-electron chi connectivity index (χ4n) is 2.08. The first-order valence-corrected chi connectivity index (χ1v) is 7.25. The smallest absolute Gasteiger partial charge is 0.0928 e. The van der Waals surface area contributed by atoms with Crippen molar-refractivity contribution in [2.24, 2.45) is 0 Å². The Hall–Kier alpha value is -1.06. The van der Waals surface area contributed by atoms with E-state index < -0.39 is 6.10 Å². The normalized spacial score (nSPS) is 14.0. The summed E-state index contributed by atoms with van der Waals surface area (Å²) in [4.78, 5) is 0. The molecule has 0 heterocycles. The maximum absolute atomic E-state index is 10.2. The second-order valence-electron chi connectivity index (χ2n) is 4.69. The van der Waals surface area contributed by atoms with Crippen LogP contribution < -0.4 is 5.32 Å². The van der Waals surface area contributed by atoms with Gasteiger partial charge < -0.3 is 10.4 Å². The highest BCUT2D eigenvalue weighted by atomic mass is 35.5. The summed E-state index contributed by atoms with van der Waals surface area (Å²) in [5.74, 6) is 0. The van der Waals surface area contributed by atoms with E-state index >= 15 is 0 Å². The van der Waals surface area contributed by atoms with E-state index in [1.165, 1.54) is 0 Å². The quantitative estimate of drug-likeness (QED) is 0.859. The van der Waals surface area contributed by atoms with Gasteiger partial charge in [-0.3, -0.25) is 0 Å². The molecule has 20 heavy (non-hydrogen) atoms. The van der Waals surface area contributed by atoms with Crippen molar-refractivity contribution in [1.82, 2.24) is 5.32 Å². The molecule has 0 aromatic heterocycles. The van der Waals surface area contributed by atoms with E-state index in [0.717, 1.165) is 16.1 Å². The van der Waals surface area contributed by atoms with E-state index in [2.05, 4.69) is 5.32 Å². The van der Waals surface area contributed by atoms with Crippen molar-refractivity contribution >= 4 is 23.2 Å². The number of aliphatic hydroxyl groups excluding tert-OH is 1. The minimum Gasteiger partial charge on any atom is -0.387 e. The number of halogens is 2. The molecule has 2 N–H and O–H groups in total. The van der Waals surface area contributed by atoms with Gasteiger partial charge >= 0.3 is 0 Å². The van der Waals surface area contributed by atoms with E-state index in [1.54, 1.807) is 6.07 Å². The third-order valence-corrected chi connectivity index (χ3v) is 3.94. The van der Waals surface area contributed by atoms with Crippen molar-refractivity contribution in [3.63, 3.8) is 0 Å². The topological polar surface area (TPSA) is 32.3 Å². The Morgan fingerprint density at radius 3 is 2.00 bits per heavy atom. The Bertz CT molecular complexity index is 522. The molecule has 0 saturated carbocycles. The Morgan fingerprint density at radius 2 is 1.45 bits per heavy atom. The van der Waals surface area contributed by atoms with Crippen LogP contribution in [-0.2, 0) is 0 Å². The molecule has 2 rings (SSSR count). The minimum atomic E-state index is -0.645. The molecular formula is C16H17Cl2NO. The lowest BCUT2D eigenvalue weighted by molar-refractivity contribution is 0.171. The predicted octanol–water partition coefficient (Wildman–Crippen LogP) is 4.38. The number of benzene rings is 2. The third-order valence-electron chi connectivity index (χ3n) is 3.25. The zero-order chi connectivity index (χ0) is 14.5. The second-order valence-corrected chi connectivity index (χ2v) is 5.50. The molecule has 0 aliphatic heterocycles. The summed E-state index contributed by atoms with van der Waals surface area (Å²) in [5, 5.41) is 14.8. The first-order chi connectivity index (χ1) is 9.59. The zero-order valence-corrected chi connectivity index (χ0v) is 12.7. The molecular weight excluding hydrogens is 293 g/mol. The van der Waals surface area contributed by atoms with Gasteiger partial charge in [-0.1, -0.05) is 59.6 Å². The van der Waals surface area contributed by atoms with Crippen molar-refractivity contribution in [2.45, 2.75) is 19.1 Å². The van der Waals surface area contributed by atoms with E-state index in [9.17, 15) is 5.11 Å². The molecule has 0 fully saturated rings. The van der Waals surface area contributed by atoms with E-state index in [1.807, 2.05) is 49.4 Å². The summed E-state index contributed by atoms with van der Waals surface area (Å²) in [5.41, 5.74) is 1.74. The summed E-state index contributed by atoms with van der Waals surface area (Å²) in [6, 6.07) is 15.1. The molecule has 4 heteroatoms. The van der Waals surface area contributed by atoms with Crippen LogP contribution in [0.4, 0.5) is 0 Å². The SMILES string of the molecule is C[C@@H](NCC(O)c1ccccc1Cl)c1ccccc1Cl. The predicted molar refractivity (Wildman–Crippen MR) is 84.3 cm³/mol. The van der Waals surface area contributed by atoms with E-state index in [4.69, 9.17) is 23.2 Å². The summed E-state index contributed by atoms with van der Waals surface area (Å²) < 4.78 is 0. The Labute approximate surface area is 129 Å². The first kappa shape index (κ1) is 15.3. The van der Waals surface area contributed by atoms with Crippen molar-refractivity contribution in [3.05, 3.63) is 69.7 Å². The molecule has 2 nitrogen and oxygen atoms in total. The third kappa shape index (κ3) is 3.74. The molecule has 0 spiro atoms. The monoisotopic (exact) mass is 309 g/mol. The second kappa shape index (κ2) is 7.09. The van der Waals surface area contributed by atoms with Gasteiger partial charge in [-0.05, 0) is 24.6 Å². The van der Waals surface area contributed by atoms with Gasteiger partial charge in [-0.25, -0.2) is 0 Å². The number of hydrogen-bond acceptors (Lipinski definition) is 2. The highest BCUT2D eigenvalue weighted by Crippen LogP contribution is 2.25. The molecule has 2 aromatic rings. The summed E-state index contributed by atoms with van der Waals surface area (Å²) in [6.07, 6.45) is -0.645. The Morgan fingerprint density at radius 1 is 0.950 bits per heavy atom. The van der Waals surface area contributed by atoms with Crippen molar-refractivity contribution in [1.29, 1.82) is 0 Å². The number of aliphatic hydroxyl groups is 1. The number of rotatable bonds is 5. The van der Waals surface area contributed by atoms with Crippen LogP contribution in [0, 0.1) is 0 Å². The van der Waals surface area contributed by atoms with Crippen LogP contribution in [-0.4, -0.2) is 11.7 Å². The summed E-state index contributed by atoms with van der Waals surface area (Å²) >= 11 is 12.2. The highest BCUT2D eigenvalue weighted by molar-refractivity contribution is 6.31. The van der Waals surface area contributed by atoms with Gasteiger partial charge in [0, 0.05) is 28.2 Å². The van der Waals surface area contributed by atoms with Gasteiger partial charge in [0.05, 0.1) is 6.10 Å². The van der Waals surface area contributed by atoms with Crippen LogP contribution >= 0.6 is 23.2 Å². The Balaban J connectivity index is 1.99. The fraction of sp³-hybridized carbons (Fsp3) is 0.250. The van der Waals surface area contributed by atoms with Gasteiger partial charge in [0.15, 0.2) is 0 Å². The molecule has 0 aliphatic carbocycles. The van der Waals surface area contributed by atoms with Gasteiger partial charge in [0.1, 0.15) is 0 Å². The lowest BCUT2D eigenvalue weighted by Gasteiger charge is -2.19. The zero-order valence-electron chi connectivity index (χ0n) is 11.2. The van der Waals surface area contributed by atoms with Crippen LogP contribution in [0.3, 0.4) is 0 Å². The summed E-state index contributed by atoms with van der Waals surface area (Å²) in [7, 11) is 0. The molecule has 0 radical (unpaired) electrons. The van der Waals surface area contributed by atoms with E-state index in [-0.39, 0.29) is 6.04 Å².